The average Bonchev–Trinajstić information content (AvgIpc) is 2.47. The van der Waals surface area contributed by atoms with Gasteiger partial charge >= 0.3 is 0 Å². The summed E-state index contributed by atoms with van der Waals surface area (Å²) in [6.07, 6.45) is -1.37. The molecule has 20 heavy (non-hydrogen) atoms. The van der Waals surface area contributed by atoms with Gasteiger partial charge < -0.3 is 20.1 Å². The summed E-state index contributed by atoms with van der Waals surface area (Å²) in [6, 6.07) is 9.37. The Bertz CT molecular complexity index is 470. The maximum Gasteiger partial charge on any atom is 0.158 e. The highest BCUT2D eigenvalue weighted by Gasteiger charge is 2.37. The van der Waals surface area contributed by atoms with E-state index >= 15 is 0 Å². The van der Waals surface area contributed by atoms with E-state index in [9.17, 15) is 20.1 Å². The summed E-state index contributed by atoms with van der Waals surface area (Å²) >= 11 is 0. The first kappa shape index (κ1) is 14.9. The van der Waals surface area contributed by atoms with E-state index < -0.39 is 24.4 Å². The van der Waals surface area contributed by atoms with Crippen LogP contribution in [0.5, 0.6) is 0 Å². The van der Waals surface area contributed by atoms with E-state index in [4.69, 9.17) is 4.74 Å². The van der Waals surface area contributed by atoms with E-state index in [0.29, 0.717) is 0 Å². The lowest BCUT2D eigenvalue weighted by atomic mass is 9.96. The van der Waals surface area contributed by atoms with Gasteiger partial charge in [-0.1, -0.05) is 36.4 Å². The standard InChI is InChI=1S/C15H18O5/c16-11(7-6-10-4-2-1-3-5-10)8-13-15(19)14(18)12(17)9-20-13/h1-7,12-15,17-19H,8-9H2/b7-6+. The Morgan fingerprint density at radius 2 is 1.90 bits per heavy atom. The number of allylic oxidation sites excluding steroid dienone is 1. The molecule has 5 nitrogen and oxygen atoms in total. The maximum absolute atomic E-state index is 11.8. The molecule has 0 spiro atoms. The number of carbonyl (C=O) groups excluding carboxylic acids is 1. The summed E-state index contributed by atoms with van der Waals surface area (Å²) in [7, 11) is 0. The molecule has 0 aromatic heterocycles. The molecule has 5 heteroatoms. The number of carbonyl (C=O) groups is 1. The molecule has 108 valence electrons. The molecule has 1 fully saturated rings. The zero-order valence-corrected chi connectivity index (χ0v) is 10.9. The largest absolute Gasteiger partial charge is 0.388 e. The van der Waals surface area contributed by atoms with Crippen molar-refractivity contribution in [2.24, 2.45) is 0 Å². The zero-order chi connectivity index (χ0) is 14.5. The first-order valence-electron chi connectivity index (χ1n) is 6.49. The second-order valence-electron chi connectivity index (χ2n) is 4.83. The SMILES string of the molecule is O=C(/C=C/c1ccccc1)CC1OCC(O)C(O)C1O. The van der Waals surface area contributed by atoms with Crippen LogP contribution >= 0.6 is 0 Å². The van der Waals surface area contributed by atoms with Gasteiger partial charge in [0, 0.05) is 6.42 Å². The third-order valence-electron chi connectivity index (χ3n) is 3.27. The molecule has 4 unspecified atom stereocenters. The summed E-state index contributed by atoms with van der Waals surface area (Å²) in [5, 5.41) is 28.6. The molecular formula is C15H18O5. The Morgan fingerprint density at radius 1 is 1.20 bits per heavy atom. The molecule has 0 bridgehead atoms. The Balaban J connectivity index is 1.90. The average molecular weight is 278 g/mol. The normalized spacial score (nSPS) is 30.6. The molecule has 1 aliphatic rings. The topological polar surface area (TPSA) is 87.0 Å². The quantitative estimate of drug-likeness (QED) is 0.682. The highest BCUT2D eigenvalue weighted by atomic mass is 16.5. The predicted molar refractivity (Wildman–Crippen MR) is 72.9 cm³/mol. The van der Waals surface area contributed by atoms with Crippen molar-refractivity contribution in [2.75, 3.05) is 6.61 Å². The molecule has 0 radical (unpaired) electrons. The number of ether oxygens (including phenoxy) is 1. The van der Waals surface area contributed by atoms with Crippen LogP contribution in [0.1, 0.15) is 12.0 Å². The van der Waals surface area contributed by atoms with Crippen LogP contribution in [0.25, 0.3) is 6.08 Å². The molecule has 0 aliphatic carbocycles. The molecular weight excluding hydrogens is 260 g/mol. The third kappa shape index (κ3) is 3.74. The summed E-state index contributed by atoms with van der Waals surface area (Å²) in [4.78, 5) is 11.8. The first-order chi connectivity index (χ1) is 9.58. The lowest BCUT2D eigenvalue weighted by Crippen LogP contribution is -2.53. The van der Waals surface area contributed by atoms with Crippen molar-refractivity contribution in [3.05, 3.63) is 42.0 Å². The first-order valence-corrected chi connectivity index (χ1v) is 6.49. The molecule has 2 rings (SSSR count). The number of hydrogen-bond donors (Lipinski definition) is 3. The zero-order valence-electron chi connectivity index (χ0n) is 10.9. The molecule has 1 aromatic rings. The fourth-order valence-corrected chi connectivity index (χ4v) is 2.07. The third-order valence-corrected chi connectivity index (χ3v) is 3.27. The Morgan fingerprint density at radius 3 is 2.60 bits per heavy atom. The van der Waals surface area contributed by atoms with Crippen LogP contribution in [0.3, 0.4) is 0 Å². The van der Waals surface area contributed by atoms with E-state index in [1.54, 1.807) is 6.08 Å². The molecule has 1 heterocycles. The van der Waals surface area contributed by atoms with E-state index in [2.05, 4.69) is 0 Å². The smallest absolute Gasteiger partial charge is 0.158 e. The minimum atomic E-state index is -1.28. The van der Waals surface area contributed by atoms with Crippen molar-refractivity contribution in [1.29, 1.82) is 0 Å². The Labute approximate surface area is 117 Å². The van der Waals surface area contributed by atoms with Crippen molar-refractivity contribution in [2.45, 2.75) is 30.8 Å². The van der Waals surface area contributed by atoms with Crippen molar-refractivity contribution in [3.8, 4) is 0 Å². The van der Waals surface area contributed by atoms with E-state index in [1.165, 1.54) is 6.08 Å². The van der Waals surface area contributed by atoms with Gasteiger partial charge in [0.15, 0.2) is 5.78 Å². The van der Waals surface area contributed by atoms with Gasteiger partial charge in [0.1, 0.15) is 18.3 Å². The molecule has 3 N–H and O–H groups in total. The monoisotopic (exact) mass is 278 g/mol. The molecule has 4 atom stereocenters. The fraction of sp³-hybridized carbons (Fsp3) is 0.400. The van der Waals surface area contributed by atoms with Gasteiger partial charge in [0.05, 0.1) is 12.7 Å². The minimum absolute atomic E-state index is 0.0335. The van der Waals surface area contributed by atoms with Crippen LogP contribution in [0.15, 0.2) is 36.4 Å². The van der Waals surface area contributed by atoms with Crippen LogP contribution in [0.2, 0.25) is 0 Å². The summed E-state index contributed by atoms with van der Waals surface area (Å²) < 4.78 is 5.18. The van der Waals surface area contributed by atoms with Crippen LogP contribution < -0.4 is 0 Å². The number of rotatable bonds is 4. The van der Waals surface area contributed by atoms with Gasteiger partial charge in [0.25, 0.3) is 0 Å². The highest BCUT2D eigenvalue weighted by Crippen LogP contribution is 2.18. The van der Waals surface area contributed by atoms with Gasteiger partial charge in [-0.15, -0.1) is 0 Å². The molecule has 1 aromatic carbocycles. The number of benzene rings is 1. The molecule has 1 aliphatic heterocycles. The van der Waals surface area contributed by atoms with Crippen LogP contribution in [-0.4, -0.2) is 52.1 Å². The minimum Gasteiger partial charge on any atom is -0.388 e. The highest BCUT2D eigenvalue weighted by molar-refractivity contribution is 5.93. The van der Waals surface area contributed by atoms with Crippen LogP contribution in [0.4, 0.5) is 0 Å². The number of aliphatic hydroxyl groups excluding tert-OH is 3. The summed E-state index contributed by atoms with van der Waals surface area (Å²) in [5.74, 6) is -0.207. The Kier molecular flexibility index (Phi) is 5.03. The number of ketones is 1. The van der Waals surface area contributed by atoms with Gasteiger partial charge in [-0.05, 0) is 11.6 Å². The van der Waals surface area contributed by atoms with Crippen molar-refractivity contribution in [1.82, 2.24) is 0 Å². The van der Waals surface area contributed by atoms with E-state index in [-0.39, 0.29) is 18.8 Å². The summed E-state index contributed by atoms with van der Waals surface area (Å²) in [6.45, 7) is -0.0847. The van der Waals surface area contributed by atoms with Gasteiger partial charge in [-0.2, -0.15) is 0 Å². The lowest BCUT2D eigenvalue weighted by Gasteiger charge is -2.34. The predicted octanol–water partition coefficient (Wildman–Crippen LogP) is 0.141. The van der Waals surface area contributed by atoms with E-state index in [1.807, 2.05) is 30.3 Å². The van der Waals surface area contributed by atoms with Crippen molar-refractivity contribution < 1.29 is 24.9 Å². The van der Waals surface area contributed by atoms with Crippen LogP contribution in [0, 0.1) is 0 Å². The maximum atomic E-state index is 11.8. The van der Waals surface area contributed by atoms with Crippen molar-refractivity contribution in [3.63, 3.8) is 0 Å². The van der Waals surface area contributed by atoms with Gasteiger partial charge in [-0.3, -0.25) is 4.79 Å². The summed E-state index contributed by atoms with van der Waals surface area (Å²) in [5.41, 5.74) is 0.904. The molecule has 0 saturated carbocycles. The van der Waals surface area contributed by atoms with Crippen molar-refractivity contribution >= 4 is 11.9 Å². The lowest BCUT2D eigenvalue weighted by molar-refractivity contribution is -0.188. The Hall–Kier alpha value is -1.53. The second-order valence-corrected chi connectivity index (χ2v) is 4.83. The second kappa shape index (κ2) is 6.76. The molecule has 0 amide bonds. The van der Waals surface area contributed by atoms with Gasteiger partial charge in [0.2, 0.25) is 0 Å². The fourth-order valence-electron chi connectivity index (χ4n) is 2.07. The number of aliphatic hydroxyl groups is 3. The van der Waals surface area contributed by atoms with Crippen LogP contribution in [-0.2, 0) is 9.53 Å². The van der Waals surface area contributed by atoms with E-state index in [0.717, 1.165) is 5.56 Å². The molecule has 1 saturated heterocycles. The van der Waals surface area contributed by atoms with Gasteiger partial charge in [-0.25, -0.2) is 0 Å². The number of hydrogen-bond acceptors (Lipinski definition) is 5.